The molecule has 0 aliphatic carbocycles. The molecule has 0 saturated heterocycles. The van der Waals surface area contributed by atoms with E-state index in [2.05, 4.69) is 6.92 Å². The Hall–Kier alpha value is 0.180. The van der Waals surface area contributed by atoms with Crippen LogP contribution in [-0.2, 0) is 0 Å². The second kappa shape index (κ2) is 7.58. The molecule has 0 aromatic heterocycles. The normalized spacial score (nSPS) is 12.5. The maximum absolute atomic E-state index is 6.00. The summed E-state index contributed by atoms with van der Waals surface area (Å²) in [6.45, 7) is 2.70. The minimum atomic E-state index is 0.437. The zero-order valence-electron chi connectivity index (χ0n) is 9.48. The minimum absolute atomic E-state index is 0.437. The van der Waals surface area contributed by atoms with Crippen molar-refractivity contribution in [2.24, 2.45) is 5.92 Å². The van der Waals surface area contributed by atoms with Crippen molar-refractivity contribution in [2.45, 2.75) is 19.8 Å². The molecule has 0 aliphatic heterocycles. The minimum Gasteiger partial charge on any atom is -0.490 e. The van der Waals surface area contributed by atoms with E-state index < -0.39 is 0 Å². The van der Waals surface area contributed by atoms with Crippen molar-refractivity contribution in [2.75, 3.05) is 12.5 Å². The van der Waals surface area contributed by atoms with E-state index in [9.17, 15) is 0 Å². The van der Waals surface area contributed by atoms with E-state index in [1.807, 2.05) is 0 Å². The van der Waals surface area contributed by atoms with E-state index >= 15 is 0 Å². The van der Waals surface area contributed by atoms with Gasteiger partial charge in [0.05, 0.1) is 16.7 Å². The third-order valence-corrected chi connectivity index (χ3v) is 3.42. The Bertz CT molecular complexity index is 345. The first-order valence-corrected chi connectivity index (χ1v) is 7.04. The van der Waals surface area contributed by atoms with Crippen LogP contribution in [-0.4, -0.2) is 12.5 Å². The summed E-state index contributed by atoms with van der Waals surface area (Å²) in [7, 11) is 0. The zero-order valence-corrected chi connectivity index (χ0v) is 12.5. The summed E-state index contributed by atoms with van der Waals surface area (Å²) in [5.41, 5.74) is 0. The fourth-order valence-electron chi connectivity index (χ4n) is 1.36. The molecule has 1 rings (SSSR count). The molecule has 0 amide bonds. The maximum atomic E-state index is 6.00. The van der Waals surface area contributed by atoms with Crippen molar-refractivity contribution in [1.29, 1.82) is 0 Å². The summed E-state index contributed by atoms with van der Waals surface area (Å²) >= 11 is 23.5. The molecule has 96 valence electrons. The van der Waals surface area contributed by atoms with Crippen LogP contribution in [0.2, 0.25) is 15.1 Å². The van der Waals surface area contributed by atoms with Crippen LogP contribution in [0, 0.1) is 5.92 Å². The van der Waals surface area contributed by atoms with Gasteiger partial charge in [-0.1, -0.05) is 41.7 Å². The fourth-order valence-corrected chi connectivity index (χ4v) is 2.66. The Labute approximate surface area is 122 Å². The van der Waals surface area contributed by atoms with Crippen molar-refractivity contribution < 1.29 is 4.74 Å². The van der Waals surface area contributed by atoms with E-state index in [0.717, 1.165) is 12.8 Å². The molecule has 0 N–H and O–H groups in total. The molecule has 1 atom stereocenters. The molecule has 0 fully saturated rings. The molecular formula is C12H14Cl4O. The molecule has 0 heterocycles. The van der Waals surface area contributed by atoms with Gasteiger partial charge in [-0.05, 0) is 30.9 Å². The number of ether oxygens (including phenoxy) is 1. The lowest BCUT2D eigenvalue weighted by Crippen LogP contribution is -2.05. The van der Waals surface area contributed by atoms with E-state index in [1.54, 1.807) is 12.1 Å². The largest absolute Gasteiger partial charge is 0.490 e. The van der Waals surface area contributed by atoms with E-state index in [4.69, 9.17) is 51.1 Å². The van der Waals surface area contributed by atoms with Gasteiger partial charge in [-0.3, -0.25) is 0 Å². The third kappa shape index (κ3) is 5.13. The second-order valence-corrected chi connectivity index (χ2v) is 5.55. The molecule has 1 aromatic rings. The van der Waals surface area contributed by atoms with Gasteiger partial charge in [0.25, 0.3) is 0 Å². The number of benzene rings is 1. The molecule has 0 aliphatic rings. The highest BCUT2D eigenvalue weighted by molar-refractivity contribution is 6.40. The summed E-state index contributed by atoms with van der Waals surface area (Å²) in [6, 6.07) is 3.24. The molecular weight excluding hydrogens is 302 g/mol. The van der Waals surface area contributed by atoms with Gasteiger partial charge in [0, 0.05) is 10.9 Å². The predicted molar refractivity (Wildman–Crippen MR) is 76.1 cm³/mol. The van der Waals surface area contributed by atoms with Crippen LogP contribution in [0.15, 0.2) is 12.1 Å². The van der Waals surface area contributed by atoms with Gasteiger partial charge >= 0.3 is 0 Å². The molecule has 0 saturated carbocycles. The van der Waals surface area contributed by atoms with Gasteiger partial charge in [0.2, 0.25) is 0 Å². The van der Waals surface area contributed by atoms with Crippen LogP contribution < -0.4 is 4.74 Å². The zero-order chi connectivity index (χ0) is 12.8. The lowest BCUT2D eigenvalue weighted by molar-refractivity contribution is 0.282. The number of hydrogen-bond acceptors (Lipinski definition) is 1. The first kappa shape index (κ1) is 15.2. The van der Waals surface area contributed by atoms with Crippen LogP contribution in [0.25, 0.3) is 0 Å². The summed E-state index contributed by atoms with van der Waals surface area (Å²) in [6.07, 6.45) is 1.90. The monoisotopic (exact) mass is 314 g/mol. The third-order valence-electron chi connectivity index (χ3n) is 2.42. The van der Waals surface area contributed by atoms with Crippen molar-refractivity contribution in [3.05, 3.63) is 27.2 Å². The van der Waals surface area contributed by atoms with Gasteiger partial charge < -0.3 is 4.74 Å². The van der Waals surface area contributed by atoms with Crippen LogP contribution in [0.5, 0.6) is 5.75 Å². The smallest absolute Gasteiger partial charge is 0.156 e. The highest BCUT2D eigenvalue weighted by atomic mass is 35.5. The molecule has 0 spiro atoms. The van der Waals surface area contributed by atoms with E-state index in [0.29, 0.717) is 39.2 Å². The number of alkyl halides is 1. The lowest BCUT2D eigenvalue weighted by atomic mass is 10.1. The standard InChI is InChI=1S/C12H14Cl4O/c1-8(2-4-13)3-5-17-12-10(15)6-9(14)7-11(12)16/h6-8H,2-5H2,1H3. The van der Waals surface area contributed by atoms with Gasteiger partial charge in [0.15, 0.2) is 5.75 Å². The Kier molecular flexibility index (Phi) is 6.79. The first-order chi connectivity index (χ1) is 8.04. The predicted octanol–water partition coefficient (Wildman–Crippen LogP) is 5.68. The maximum Gasteiger partial charge on any atom is 0.156 e. The molecule has 0 bridgehead atoms. The van der Waals surface area contributed by atoms with Crippen LogP contribution in [0.4, 0.5) is 0 Å². The summed E-state index contributed by atoms with van der Waals surface area (Å²) < 4.78 is 5.57. The summed E-state index contributed by atoms with van der Waals surface area (Å²) in [4.78, 5) is 0. The van der Waals surface area contributed by atoms with Crippen molar-refractivity contribution in [3.63, 3.8) is 0 Å². The Morgan fingerprint density at radius 3 is 2.24 bits per heavy atom. The van der Waals surface area contributed by atoms with E-state index in [1.165, 1.54) is 0 Å². The van der Waals surface area contributed by atoms with Crippen LogP contribution in [0.1, 0.15) is 19.8 Å². The lowest BCUT2D eigenvalue weighted by Gasteiger charge is -2.13. The molecule has 17 heavy (non-hydrogen) atoms. The summed E-state index contributed by atoms with van der Waals surface area (Å²) in [5, 5.41) is 1.38. The van der Waals surface area contributed by atoms with Gasteiger partial charge in [-0.2, -0.15) is 0 Å². The molecule has 1 nitrogen and oxygen atoms in total. The number of rotatable bonds is 6. The number of hydrogen-bond donors (Lipinski definition) is 0. The second-order valence-electron chi connectivity index (χ2n) is 3.92. The van der Waals surface area contributed by atoms with Crippen molar-refractivity contribution in [3.8, 4) is 5.75 Å². The molecule has 5 heteroatoms. The van der Waals surface area contributed by atoms with Gasteiger partial charge in [0.1, 0.15) is 0 Å². The van der Waals surface area contributed by atoms with E-state index in [-0.39, 0.29) is 0 Å². The average Bonchev–Trinajstić information content (AvgIpc) is 2.22. The Balaban J connectivity index is 2.52. The topological polar surface area (TPSA) is 9.23 Å². The van der Waals surface area contributed by atoms with Crippen molar-refractivity contribution in [1.82, 2.24) is 0 Å². The fraction of sp³-hybridized carbons (Fsp3) is 0.500. The average molecular weight is 316 g/mol. The molecule has 1 unspecified atom stereocenters. The summed E-state index contributed by atoms with van der Waals surface area (Å²) in [5.74, 6) is 1.69. The number of halogens is 4. The highest BCUT2D eigenvalue weighted by Crippen LogP contribution is 2.35. The Morgan fingerprint density at radius 1 is 1.12 bits per heavy atom. The Morgan fingerprint density at radius 2 is 1.71 bits per heavy atom. The van der Waals surface area contributed by atoms with Crippen molar-refractivity contribution >= 4 is 46.4 Å². The van der Waals surface area contributed by atoms with Gasteiger partial charge in [-0.15, -0.1) is 11.6 Å². The molecule has 1 aromatic carbocycles. The van der Waals surface area contributed by atoms with Crippen LogP contribution >= 0.6 is 46.4 Å². The van der Waals surface area contributed by atoms with Crippen LogP contribution in [0.3, 0.4) is 0 Å². The molecule has 0 radical (unpaired) electrons. The quantitative estimate of drug-likeness (QED) is 0.613. The first-order valence-electron chi connectivity index (χ1n) is 5.38. The SMILES string of the molecule is CC(CCCl)CCOc1c(Cl)cc(Cl)cc1Cl. The van der Waals surface area contributed by atoms with Gasteiger partial charge in [-0.25, -0.2) is 0 Å². The highest BCUT2D eigenvalue weighted by Gasteiger charge is 2.10.